The number of H-pyrrole nitrogens is 1. The number of methoxy groups -OCH3 is 2. The van der Waals surface area contributed by atoms with E-state index in [-0.39, 0.29) is 16.3 Å². The van der Waals surface area contributed by atoms with Gasteiger partial charge in [0.2, 0.25) is 4.77 Å². The summed E-state index contributed by atoms with van der Waals surface area (Å²) in [6, 6.07) is 9.67. The standard InChI is InChI=1S/C17H16N4O4S/c1-24-11-4-5-12(15(8-11)25-2)16-19-20-17(26)21(16)18-9-10-3-6-13(22)14(23)7-10/h3-9,22-23H,1-2H3,(H,20,26)/b18-9+. The zero-order valence-electron chi connectivity index (χ0n) is 14.0. The van der Waals surface area contributed by atoms with E-state index in [0.717, 1.165) is 0 Å². The Bertz CT molecular complexity index is 1030. The summed E-state index contributed by atoms with van der Waals surface area (Å²) in [6.07, 6.45) is 1.49. The highest BCUT2D eigenvalue weighted by Crippen LogP contribution is 2.32. The molecule has 8 nitrogen and oxygen atoms in total. The van der Waals surface area contributed by atoms with E-state index in [1.165, 1.54) is 23.0 Å². The van der Waals surface area contributed by atoms with Gasteiger partial charge in [-0.15, -0.1) is 0 Å². The lowest BCUT2D eigenvalue weighted by Gasteiger charge is -2.09. The Morgan fingerprint density at radius 3 is 2.62 bits per heavy atom. The van der Waals surface area contributed by atoms with Crippen molar-refractivity contribution in [1.82, 2.24) is 14.9 Å². The highest BCUT2D eigenvalue weighted by molar-refractivity contribution is 7.71. The van der Waals surface area contributed by atoms with Gasteiger partial charge in [0.1, 0.15) is 11.5 Å². The molecule has 1 aromatic heterocycles. The van der Waals surface area contributed by atoms with Gasteiger partial charge in [-0.1, -0.05) is 0 Å². The molecule has 0 fully saturated rings. The molecule has 9 heteroatoms. The van der Waals surface area contributed by atoms with Crippen LogP contribution in [0.2, 0.25) is 0 Å². The molecule has 0 atom stereocenters. The minimum absolute atomic E-state index is 0.203. The van der Waals surface area contributed by atoms with Gasteiger partial charge in [-0.25, -0.2) is 5.10 Å². The summed E-state index contributed by atoms with van der Waals surface area (Å²) in [5.74, 6) is 1.22. The normalized spacial score (nSPS) is 11.0. The molecule has 0 bridgehead atoms. The SMILES string of the molecule is COc1ccc(-c2n[nH]c(=S)n2/N=C/c2ccc(O)c(O)c2)c(OC)c1. The monoisotopic (exact) mass is 372 g/mol. The zero-order valence-corrected chi connectivity index (χ0v) is 14.8. The van der Waals surface area contributed by atoms with E-state index in [0.29, 0.717) is 28.5 Å². The second-order valence-electron chi connectivity index (χ2n) is 5.22. The third-order valence-corrected chi connectivity index (χ3v) is 3.89. The van der Waals surface area contributed by atoms with E-state index in [2.05, 4.69) is 15.3 Å². The van der Waals surface area contributed by atoms with Crippen LogP contribution < -0.4 is 9.47 Å². The van der Waals surface area contributed by atoms with Gasteiger partial charge in [0.05, 0.1) is 26.0 Å². The maximum absolute atomic E-state index is 9.58. The van der Waals surface area contributed by atoms with Crippen LogP contribution in [0, 0.1) is 4.77 Å². The average molecular weight is 372 g/mol. The fourth-order valence-corrected chi connectivity index (χ4v) is 2.48. The Morgan fingerprint density at radius 2 is 1.92 bits per heavy atom. The first-order valence-corrected chi connectivity index (χ1v) is 7.90. The van der Waals surface area contributed by atoms with E-state index in [4.69, 9.17) is 21.7 Å². The van der Waals surface area contributed by atoms with E-state index >= 15 is 0 Å². The number of hydrogen-bond acceptors (Lipinski definition) is 7. The zero-order chi connectivity index (χ0) is 18.7. The molecule has 3 N–H and O–H groups in total. The van der Waals surface area contributed by atoms with E-state index in [9.17, 15) is 10.2 Å². The highest BCUT2D eigenvalue weighted by Gasteiger charge is 2.14. The lowest BCUT2D eigenvalue weighted by atomic mass is 10.2. The van der Waals surface area contributed by atoms with Crippen LogP contribution in [0.5, 0.6) is 23.0 Å². The minimum atomic E-state index is -0.234. The van der Waals surface area contributed by atoms with Gasteiger partial charge in [-0.3, -0.25) is 0 Å². The number of ether oxygens (including phenoxy) is 2. The first-order chi connectivity index (χ1) is 12.5. The van der Waals surface area contributed by atoms with E-state index in [1.807, 2.05) is 0 Å². The van der Waals surface area contributed by atoms with Gasteiger partial charge >= 0.3 is 0 Å². The summed E-state index contributed by atoms with van der Waals surface area (Å²) < 4.78 is 12.3. The van der Waals surface area contributed by atoms with Crippen LogP contribution in [-0.2, 0) is 0 Å². The van der Waals surface area contributed by atoms with Crippen molar-refractivity contribution in [2.45, 2.75) is 0 Å². The predicted octanol–water partition coefficient (Wildman–Crippen LogP) is 2.92. The molecular weight excluding hydrogens is 356 g/mol. The summed E-state index contributed by atoms with van der Waals surface area (Å²) in [6.45, 7) is 0. The van der Waals surface area contributed by atoms with Crippen LogP contribution in [0.25, 0.3) is 11.4 Å². The fourth-order valence-electron chi connectivity index (χ4n) is 2.30. The smallest absolute Gasteiger partial charge is 0.216 e. The van der Waals surface area contributed by atoms with Crippen molar-refractivity contribution in [1.29, 1.82) is 0 Å². The summed E-state index contributed by atoms with van der Waals surface area (Å²) in [5.41, 5.74) is 1.25. The molecule has 2 aromatic carbocycles. The molecule has 1 heterocycles. The molecule has 0 radical (unpaired) electrons. The van der Waals surface area contributed by atoms with Crippen LogP contribution in [0.15, 0.2) is 41.5 Å². The summed E-state index contributed by atoms with van der Waals surface area (Å²) in [5, 5.41) is 30.2. The second kappa shape index (κ2) is 7.28. The number of phenolic OH excluding ortho intramolecular Hbond substituents is 2. The van der Waals surface area contributed by atoms with Crippen LogP contribution in [0.1, 0.15) is 5.56 Å². The van der Waals surface area contributed by atoms with Crippen molar-refractivity contribution in [2.24, 2.45) is 5.10 Å². The Hall–Kier alpha value is -3.33. The first kappa shape index (κ1) is 17.5. The molecule has 0 saturated carbocycles. The summed E-state index contributed by atoms with van der Waals surface area (Å²) in [4.78, 5) is 0. The molecule has 3 aromatic rings. The highest BCUT2D eigenvalue weighted by atomic mass is 32.1. The maximum Gasteiger partial charge on any atom is 0.216 e. The summed E-state index contributed by atoms with van der Waals surface area (Å²) in [7, 11) is 3.12. The van der Waals surface area contributed by atoms with Gasteiger partial charge in [0, 0.05) is 6.07 Å². The second-order valence-corrected chi connectivity index (χ2v) is 5.61. The van der Waals surface area contributed by atoms with Crippen molar-refractivity contribution in [3.63, 3.8) is 0 Å². The van der Waals surface area contributed by atoms with Gasteiger partial charge in [0.15, 0.2) is 17.3 Å². The Morgan fingerprint density at radius 1 is 1.12 bits per heavy atom. The number of nitrogens with one attached hydrogen (secondary N) is 1. The molecule has 0 spiro atoms. The largest absolute Gasteiger partial charge is 0.504 e. The van der Waals surface area contributed by atoms with Crippen molar-refractivity contribution >= 4 is 18.4 Å². The Labute approximate surface area is 154 Å². The number of aromatic nitrogens is 3. The third kappa shape index (κ3) is 3.38. The summed E-state index contributed by atoms with van der Waals surface area (Å²) >= 11 is 5.24. The molecule has 3 rings (SSSR count). The Balaban J connectivity index is 2.03. The van der Waals surface area contributed by atoms with Crippen LogP contribution in [-0.4, -0.2) is 45.5 Å². The van der Waals surface area contributed by atoms with Gasteiger partial charge in [-0.05, 0) is 48.1 Å². The molecule has 0 aliphatic heterocycles. The van der Waals surface area contributed by atoms with Crippen LogP contribution in [0.3, 0.4) is 0 Å². The molecule has 0 aliphatic rings. The van der Waals surface area contributed by atoms with Crippen molar-refractivity contribution < 1.29 is 19.7 Å². The van der Waals surface area contributed by atoms with Crippen LogP contribution in [0.4, 0.5) is 0 Å². The average Bonchev–Trinajstić information content (AvgIpc) is 3.02. The lowest BCUT2D eigenvalue weighted by molar-refractivity contribution is 0.395. The lowest BCUT2D eigenvalue weighted by Crippen LogP contribution is -1.98. The molecule has 0 saturated heterocycles. The minimum Gasteiger partial charge on any atom is -0.504 e. The number of hydrogen-bond donors (Lipinski definition) is 3. The van der Waals surface area contributed by atoms with Crippen molar-refractivity contribution in [3.05, 3.63) is 46.7 Å². The fraction of sp³-hybridized carbons (Fsp3) is 0.118. The van der Waals surface area contributed by atoms with Gasteiger partial charge in [0.25, 0.3) is 0 Å². The van der Waals surface area contributed by atoms with Gasteiger partial charge in [-0.2, -0.15) is 14.9 Å². The Kier molecular flexibility index (Phi) is 4.90. The molecule has 26 heavy (non-hydrogen) atoms. The topological polar surface area (TPSA) is 105 Å². The molecule has 0 amide bonds. The third-order valence-electron chi connectivity index (χ3n) is 3.62. The molecule has 0 aliphatic carbocycles. The van der Waals surface area contributed by atoms with Gasteiger partial charge < -0.3 is 19.7 Å². The van der Waals surface area contributed by atoms with E-state index < -0.39 is 0 Å². The molecule has 134 valence electrons. The van der Waals surface area contributed by atoms with Crippen molar-refractivity contribution in [2.75, 3.05) is 14.2 Å². The number of rotatable bonds is 5. The first-order valence-electron chi connectivity index (χ1n) is 7.49. The number of nitrogens with zero attached hydrogens (tertiary/aromatic N) is 3. The number of aromatic hydroxyl groups is 2. The number of aromatic amines is 1. The quantitative estimate of drug-likeness (QED) is 0.361. The van der Waals surface area contributed by atoms with Crippen LogP contribution >= 0.6 is 12.2 Å². The molecular formula is C17H16N4O4S. The van der Waals surface area contributed by atoms with Crippen molar-refractivity contribution in [3.8, 4) is 34.4 Å². The predicted molar refractivity (Wildman–Crippen MR) is 98.7 cm³/mol. The number of benzene rings is 2. The van der Waals surface area contributed by atoms with E-state index in [1.54, 1.807) is 38.5 Å². The molecule has 0 unspecified atom stereocenters. The maximum atomic E-state index is 9.58. The number of phenols is 2.